The highest BCUT2D eigenvalue weighted by atomic mass is 16.5. The Morgan fingerprint density at radius 3 is 2.67 bits per heavy atom. The predicted molar refractivity (Wildman–Crippen MR) is 108 cm³/mol. The van der Waals surface area contributed by atoms with E-state index in [4.69, 9.17) is 4.74 Å². The third kappa shape index (κ3) is 4.09. The van der Waals surface area contributed by atoms with Crippen molar-refractivity contribution < 1.29 is 19.1 Å². The summed E-state index contributed by atoms with van der Waals surface area (Å²) < 4.78 is 5.10. The van der Waals surface area contributed by atoms with Gasteiger partial charge in [0.1, 0.15) is 17.6 Å². The Hall–Kier alpha value is -3.88. The summed E-state index contributed by atoms with van der Waals surface area (Å²) in [5, 5.41) is 5.31. The number of amides is 4. The van der Waals surface area contributed by atoms with Gasteiger partial charge in [-0.05, 0) is 29.8 Å². The van der Waals surface area contributed by atoms with Gasteiger partial charge >= 0.3 is 6.03 Å². The molecule has 2 aromatic carbocycles. The topological polar surface area (TPSA) is 116 Å². The number of hydrogen-bond donors (Lipinski definition) is 3. The highest BCUT2D eigenvalue weighted by Crippen LogP contribution is 2.17. The standard InChI is InChI=1S/C21H21N5O4/c1-30-14-8-6-13(7-9-14)12-26-20(28)17(25-21(26)29)10-19(27)22-11-18-23-15-4-2-3-5-16(15)24-18/h2-9,17H,10-12H2,1H3,(H,22,27)(H,23,24)(H,25,29)/t17-/m1/s1. The van der Waals surface area contributed by atoms with E-state index < -0.39 is 18.0 Å². The number of carbonyl (C=O) groups excluding carboxylic acids is 3. The molecule has 30 heavy (non-hydrogen) atoms. The second kappa shape index (κ2) is 8.24. The minimum atomic E-state index is -0.883. The van der Waals surface area contributed by atoms with Crippen LogP contribution in [0.3, 0.4) is 0 Å². The van der Waals surface area contributed by atoms with Gasteiger partial charge in [0.05, 0.1) is 37.7 Å². The molecule has 0 unspecified atom stereocenters. The number of fused-ring (bicyclic) bond motifs is 1. The summed E-state index contributed by atoms with van der Waals surface area (Å²) in [6, 6.07) is 13.3. The summed E-state index contributed by atoms with van der Waals surface area (Å²) in [7, 11) is 1.57. The van der Waals surface area contributed by atoms with Crippen molar-refractivity contribution >= 4 is 28.9 Å². The third-order valence-corrected chi connectivity index (χ3v) is 4.89. The number of carbonyl (C=O) groups is 3. The van der Waals surface area contributed by atoms with E-state index in [0.717, 1.165) is 21.5 Å². The van der Waals surface area contributed by atoms with E-state index in [2.05, 4.69) is 20.6 Å². The maximum atomic E-state index is 12.6. The van der Waals surface area contributed by atoms with Gasteiger partial charge in [-0.3, -0.25) is 14.5 Å². The molecular weight excluding hydrogens is 386 g/mol. The van der Waals surface area contributed by atoms with Crippen molar-refractivity contribution in [2.45, 2.75) is 25.6 Å². The number of imide groups is 1. The smallest absolute Gasteiger partial charge is 0.325 e. The average Bonchev–Trinajstić information content (AvgIpc) is 3.28. The number of H-pyrrole nitrogens is 1. The number of benzene rings is 2. The summed E-state index contributed by atoms with van der Waals surface area (Å²) in [5.41, 5.74) is 2.48. The minimum absolute atomic E-state index is 0.131. The highest BCUT2D eigenvalue weighted by molar-refractivity contribution is 6.05. The number of rotatable bonds is 7. The van der Waals surface area contributed by atoms with Crippen molar-refractivity contribution in [2.75, 3.05) is 7.11 Å². The zero-order chi connectivity index (χ0) is 21.1. The van der Waals surface area contributed by atoms with Crippen LogP contribution >= 0.6 is 0 Å². The number of aromatic amines is 1. The van der Waals surface area contributed by atoms with Crippen LogP contribution in [0.5, 0.6) is 5.75 Å². The van der Waals surface area contributed by atoms with Gasteiger partial charge in [0, 0.05) is 0 Å². The van der Waals surface area contributed by atoms with Crippen LogP contribution < -0.4 is 15.4 Å². The zero-order valence-electron chi connectivity index (χ0n) is 16.3. The van der Waals surface area contributed by atoms with Crippen LogP contribution in [-0.2, 0) is 22.7 Å². The van der Waals surface area contributed by atoms with Crippen LogP contribution in [0.15, 0.2) is 48.5 Å². The fourth-order valence-corrected chi connectivity index (χ4v) is 3.31. The van der Waals surface area contributed by atoms with Gasteiger partial charge in [-0.2, -0.15) is 0 Å². The normalized spacial score (nSPS) is 16.0. The number of ether oxygens (including phenoxy) is 1. The molecule has 1 fully saturated rings. The highest BCUT2D eigenvalue weighted by Gasteiger charge is 2.38. The molecule has 0 saturated carbocycles. The molecule has 9 heteroatoms. The molecule has 4 amide bonds. The molecule has 1 aliphatic heterocycles. The van der Waals surface area contributed by atoms with E-state index in [0.29, 0.717) is 11.6 Å². The molecule has 0 radical (unpaired) electrons. The Morgan fingerprint density at radius 1 is 1.17 bits per heavy atom. The van der Waals surface area contributed by atoms with E-state index in [1.165, 1.54) is 0 Å². The lowest BCUT2D eigenvalue weighted by atomic mass is 10.1. The first-order valence-electron chi connectivity index (χ1n) is 9.48. The first-order valence-corrected chi connectivity index (χ1v) is 9.48. The van der Waals surface area contributed by atoms with Gasteiger partial charge in [0.2, 0.25) is 5.91 Å². The Morgan fingerprint density at radius 2 is 1.93 bits per heavy atom. The molecule has 0 spiro atoms. The van der Waals surface area contributed by atoms with Crippen molar-refractivity contribution in [3.05, 3.63) is 59.9 Å². The molecule has 0 aliphatic carbocycles. The van der Waals surface area contributed by atoms with Crippen LogP contribution in [0, 0.1) is 0 Å². The zero-order valence-corrected chi connectivity index (χ0v) is 16.3. The Bertz CT molecular complexity index is 1060. The SMILES string of the molecule is COc1ccc(CN2C(=O)N[C@H](CC(=O)NCc3nc4ccccc4[nH]3)C2=O)cc1. The molecular formula is C21H21N5O4. The van der Waals surface area contributed by atoms with Crippen molar-refractivity contribution in [3.63, 3.8) is 0 Å². The largest absolute Gasteiger partial charge is 0.497 e. The number of hydrogen-bond acceptors (Lipinski definition) is 5. The van der Waals surface area contributed by atoms with Gasteiger partial charge in [-0.1, -0.05) is 24.3 Å². The van der Waals surface area contributed by atoms with Crippen molar-refractivity contribution in [1.29, 1.82) is 0 Å². The summed E-state index contributed by atoms with van der Waals surface area (Å²) in [5.74, 6) is 0.539. The van der Waals surface area contributed by atoms with E-state index in [1.54, 1.807) is 31.4 Å². The summed E-state index contributed by atoms with van der Waals surface area (Å²) >= 11 is 0. The van der Waals surface area contributed by atoms with Crippen LogP contribution in [0.2, 0.25) is 0 Å². The minimum Gasteiger partial charge on any atom is -0.497 e. The number of imidazole rings is 1. The van der Waals surface area contributed by atoms with E-state index in [1.807, 2.05) is 24.3 Å². The first kappa shape index (κ1) is 19.4. The molecule has 3 aromatic rings. The summed E-state index contributed by atoms with van der Waals surface area (Å²) in [6.07, 6.45) is -0.135. The molecule has 9 nitrogen and oxygen atoms in total. The number of nitrogens with zero attached hydrogens (tertiary/aromatic N) is 2. The number of methoxy groups -OCH3 is 1. The second-order valence-corrected chi connectivity index (χ2v) is 6.96. The van der Waals surface area contributed by atoms with Crippen LogP contribution in [0.25, 0.3) is 11.0 Å². The number of urea groups is 1. The molecule has 1 aliphatic rings. The maximum Gasteiger partial charge on any atom is 0.325 e. The summed E-state index contributed by atoms with van der Waals surface area (Å²) in [6.45, 7) is 0.337. The fraction of sp³-hybridized carbons (Fsp3) is 0.238. The first-order chi connectivity index (χ1) is 14.5. The monoisotopic (exact) mass is 407 g/mol. The van der Waals surface area contributed by atoms with Crippen LogP contribution in [0.4, 0.5) is 4.79 Å². The number of nitrogens with one attached hydrogen (secondary N) is 3. The van der Waals surface area contributed by atoms with Crippen LogP contribution in [-0.4, -0.2) is 45.9 Å². The van der Waals surface area contributed by atoms with Gasteiger partial charge in [-0.15, -0.1) is 0 Å². The third-order valence-electron chi connectivity index (χ3n) is 4.89. The van der Waals surface area contributed by atoms with Gasteiger partial charge in [0.25, 0.3) is 5.91 Å². The predicted octanol–water partition coefficient (Wildman–Crippen LogP) is 1.70. The van der Waals surface area contributed by atoms with Gasteiger partial charge in [-0.25, -0.2) is 9.78 Å². The van der Waals surface area contributed by atoms with Gasteiger partial charge < -0.3 is 20.4 Å². The molecule has 1 atom stereocenters. The van der Waals surface area contributed by atoms with Crippen LogP contribution in [0.1, 0.15) is 17.8 Å². The molecule has 1 aromatic heterocycles. The Kier molecular flexibility index (Phi) is 5.34. The maximum absolute atomic E-state index is 12.6. The van der Waals surface area contributed by atoms with E-state index >= 15 is 0 Å². The molecule has 3 N–H and O–H groups in total. The Balaban J connectivity index is 1.32. The summed E-state index contributed by atoms with van der Waals surface area (Å²) in [4.78, 5) is 45.7. The quantitative estimate of drug-likeness (QED) is 0.516. The van der Waals surface area contributed by atoms with E-state index in [-0.39, 0.29) is 25.4 Å². The number of para-hydroxylation sites is 2. The second-order valence-electron chi connectivity index (χ2n) is 6.96. The van der Waals surface area contributed by atoms with Crippen molar-refractivity contribution in [1.82, 2.24) is 25.5 Å². The van der Waals surface area contributed by atoms with Crippen molar-refractivity contribution in [2.24, 2.45) is 0 Å². The Labute approximate surface area is 172 Å². The lowest BCUT2D eigenvalue weighted by molar-refractivity contribution is -0.131. The van der Waals surface area contributed by atoms with Crippen molar-refractivity contribution in [3.8, 4) is 5.75 Å². The fourth-order valence-electron chi connectivity index (χ4n) is 3.31. The lowest BCUT2D eigenvalue weighted by Gasteiger charge is -2.13. The molecule has 2 heterocycles. The molecule has 4 rings (SSSR count). The molecule has 0 bridgehead atoms. The van der Waals surface area contributed by atoms with Gasteiger partial charge in [0.15, 0.2) is 0 Å². The lowest BCUT2D eigenvalue weighted by Crippen LogP contribution is -2.36. The molecule has 1 saturated heterocycles. The van der Waals surface area contributed by atoms with E-state index in [9.17, 15) is 14.4 Å². The number of aromatic nitrogens is 2. The average molecular weight is 407 g/mol. The molecule has 154 valence electrons.